The molecule has 0 bridgehead atoms. The highest BCUT2D eigenvalue weighted by Gasteiger charge is 2.31. The van der Waals surface area contributed by atoms with Gasteiger partial charge in [-0.15, -0.1) is 0 Å². The summed E-state index contributed by atoms with van der Waals surface area (Å²) in [7, 11) is 0. The minimum absolute atomic E-state index is 0.178. The van der Waals surface area contributed by atoms with Gasteiger partial charge in [0.15, 0.2) is 11.6 Å². The number of nitrogens with two attached hydrogens (primary N) is 1. The molecule has 0 spiro atoms. The zero-order chi connectivity index (χ0) is 14.5. The SMILES string of the molecule is CCCNC(C)(COc1cc(F)ccc1F)C(N)=O. The fourth-order valence-electron chi connectivity index (χ4n) is 1.42. The molecule has 0 radical (unpaired) electrons. The molecule has 19 heavy (non-hydrogen) atoms. The lowest BCUT2D eigenvalue weighted by Gasteiger charge is -2.27. The summed E-state index contributed by atoms with van der Waals surface area (Å²) in [6.45, 7) is 3.88. The Kier molecular flexibility index (Phi) is 5.23. The number of carbonyl (C=O) groups is 1. The van der Waals surface area contributed by atoms with Crippen LogP contribution in [0.2, 0.25) is 0 Å². The van der Waals surface area contributed by atoms with E-state index in [9.17, 15) is 13.6 Å². The monoisotopic (exact) mass is 272 g/mol. The number of carbonyl (C=O) groups excluding carboxylic acids is 1. The molecule has 4 nitrogen and oxygen atoms in total. The maximum absolute atomic E-state index is 13.4. The third-order valence-corrected chi connectivity index (χ3v) is 2.72. The third kappa shape index (κ3) is 4.17. The first-order chi connectivity index (χ1) is 8.89. The molecule has 0 aromatic heterocycles. The molecule has 1 rings (SSSR count). The Morgan fingerprint density at radius 1 is 1.47 bits per heavy atom. The smallest absolute Gasteiger partial charge is 0.240 e. The van der Waals surface area contributed by atoms with Gasteiger partial charge in [-0.05, 0) is 32.0 Å². The summed E-state index contributed by atoms with van der Waals surface area (Å²) >= 11 is 0. The molecule has 0 saturated heterocycles. The minimum Gasteiger partial charge on any atom is -0.488 e. The van der Waals surface area contributed by atoms with Crippen LogP contribution in [0, 0.1) is 11.6 Å². The van der Waals surface area contributed by atoms with Crippen molar-refractivity contribution in [2.45, 2.75) is 25.8 Å². The Hall–Kier alpha value is -1.69. The fourth-order valence-corrected chi connectivity index (χ4v) is 1.42. The van der Waals surface area contributed by atoms with Crippen molar-refractivity contribution in [2.75, 3.05) is 13.2 Å². The van der Waals surface area contributed by atoms with Crippen molar-refractivity contribution in [3.63, 3.8) is 0 Å². The van der Waals surface area contributed by atoms with Gasteiger partial charge in [0.2, 0.25) is 5.91 Å². The van der Waals surface area contributed by atoms with Gasteiger partial charge in [0, 0.05) is 6.07 Å². The van der Waals surface area contributed by atoms with Crippen LogP contribution in [0.3, 0.4) is 0 Å². The average Bonchev–Trinajstić information content (AvgIpc) is 2.37. The molecule has 1 amide bonds. The van der Waals surface area contributed by atoms with E-state index in [1.165, 1.54) is 0 Å². The maximum Gasteiger partial charge on any atom is 0.240 e. The average molecular weight is 272 g/mol. The van der Waals surface area contributed by atoms with Crippen LogP contribution in [0.1, 0.15) is 20.3 Å². The van der Waals surface area contributed by atoms with Gasteiger partial charge in [0.05, 0.1) is 0 Å². The third-order valence-electron chi connectivity index (χ3n) is 2.72. The van der Waals surface area contributed by atoms with E-state index < -0.39 is 23.1 Å². The minimum atomic E-state index is -1.13. The first-order valence-electron chi connectivity index (χ1n) is 6.02. The first-order valence-corrected chi connectivity index (χ1v) is 6.02. The molecule has 1 unspecified atom stereocenters. The lowest BCUT2D eigenvalue weighted by Crippen LogP contribution is -2.57. The number of halogens is 2. The van der Waals surface area contributed by atoms with Gasteiger partial charge in [0.1, 0.15) is 18.0 Å². The number of rotatable bonds is 7. The molecule has 6 heteroatoms. The van der Waals surface area contributed by atoms with Crippen molar-refractivity contribution in [1.82, 2.24) is 5.32 Å². The molecule has 0 aliphatic heterocycles. The molecule has 0 aliphatic carbocycles. The number of ether oxygens (including phenoxy) is 1. The largest absolute Gasteiger partial charge is 0.488 e. The second-order valence-corrected chi connectivity index (χ2v) is 4.49. The summed E-state index contributed by atoms with van der Waals surface area (Å²) in [5.41, 5.74) is 4.16. The normalized spacial score (nSPS) is 13.9. The van der Waals surface area contributed by atoms with Crippen LogP contribution in [0.5, 0.6) is 5.75 Å². The van der Waals surface area contributed by atoms with Crippen LogP contribution in [0.4, 0.5) is 8.78 Å². The first kappa shape index (κ1) is 15.4. The summed E-state index contributed by atoms with van der Waals surface area (Å²) in [4.78, 5) is 11.4. The topological polar surface area (TPSA) is 64.3 Å². The van der Waals surface area contributed by atoms with Crippen LogP contribution >= 0.6 is 0 Å². The molecule has 1 aromatic carbocycles. The van der Waals surface area contributed by atoms with E-state index in [1.807, 2.05) is 6.92 Å². The molecule has 1 aromatic rings. The highest BCUT2D eigenvalue weighted by Crippen LogP contribution is 2.19. The van der Waals surface area contributed by atoms with Crippen molar-refractivity contribution in [1.29, 1.82) is 0 Å². The van der Waals surface area contributed by atoms with Crippen molar-refractivity contribution >= 4 is 5.91 Å². The molecular weight excluding hydrogens is 254 g/mol. The fraction of sp³-hybridized carbons (Fsp3) is 0.462. The van der Waals surface area contributed by atoms with Crippen molar-refractivity contribution in [2.24, 2.45) is 5.73 Å². The summed E-state index contributed by atoms with van der Waals surface area (Å²) in [6.07, 6.45) is 0.803. The molecular formula is C13H18F2N2O2. The van der Waals surface area contributed by atoms with E-state index in [0.717, 1.165) is 24.6 Å². The van der Waals surface area contributed by atoms with Gasteiger partial charge in [-0.2, -0.15) is 0 Å². The summed E-state index contributed by atoms with van der Waals surface area (Å²) in [5.74, 6) is -2.16. The van der Waals surface area contributed by atoms with Gasteiger partial charge in [0.25, 0.3) is 0 Å². The lowest BCUT2D eigenvalue weighted by molar-refractivity contribution is -0.125. The van der Waals surface area contributed by atoms with Crippen molar-refractivity contribution < 1.29 is 18.3 Å². The second-order valence-electron chi connectivity index (χ2n) is 4.49. The maximum atomic E-state index is 13.4. The Bertz CT molecular complexity index is 454. The molecule has 106 valence electrons. The van der Waals surface area contributed by atoms with Gasteiger partial charge in [-0.1, -0.05) is 6.92 Å². The lowest BCUT2D eigenvalue weighted by atomic mass is 10.0. The van der Waals surface area contributed by atoms with Crippen LogP contribution < -0.4 is 15.8 Å². The molecule has 0 saturated carbocycles. The molecule has 0 fully saturated rings. The predicted octanol–water partition coefficient (Wildman–Crippen LogP) is 1.59. The Labute approximate surface area is 110 Å². The number of hydrogen-bond donors (Lipinski definition) is 2. The van der Waals surface area contributed by atoms with Crippen LogP contribution in [0.25, 0.3) is 0 Å². The van der Waals surface area contributed by atoms with E-state index >= 15 is 0 Å². The Balaban J connectivity index is 2.76. The van der Waals surface area contributed by atoms with Crippen molar-refractivity contribution in [3.8, 4) is 5.75 Å². The summed E-state index contributed by atoms with van der Waals surface area (Å²) < 4.78 is 31.5. The van der Waals surface area contributed by atoms with E-state index in [2.05, 4.69) is 5.32 Å². The highest BCUT2D eigenvalue weighted by atomic mass is 19.1. The highest BCUT2D eigenvalue weighted by molar-refractivity contribution is 5.84. The predicted molar refractivity (Wildman–Crippen MR) is 67.7 cm³/mol. The quantitative estimate of drug-likeness (QED) is 0.792. The van der Waals surface area contributed by atoms with E-state index in [0.29, 0.717) is 6.54 Å². The van der Waals surface area contributed by atoms with Gasteiger partial charge in [-0.3, -0.25) is 4.79 Å². The van der Waals surface area contributed by atoms with Crippen LogP contribution in [0.15, 0.2) is 18.2 Å². The van der Waals surface area contributed by atoms with E-state index in [-0.39, 0.29) is 12.4 Å². The number of amides is 1. The number of benzene rings is 1. The van der Waals surface area contributed by atoms with E-state index in [4.69, 9.17) is 10.5 Å². The van der Waals surface area contributed by atoms with Crippen LogP contribution in [-0.4, -0.2) is 24.6 Å². The molecule has 3 N–H and O–H groups in total. The standard InChI is InChI=1S/C13H18F2N2O2/c1-3-6-17-13(2,12(16)18)8-19-11-7-9(14)4-5-10(11)15/h4-5,7,17H,3,6,8H2,1-2H3,(H2,16,18). The van der Waals surface area contributed by atoms with E-state index in [1.54, 1.807) is 6.92 Å². The Morgan fingerprint density at radius 3 is 2.74 bits per heavy atom. The van der Waals surface area contributed by atoms with Crippen molar-refractivity contribution in [3.05, 3.63) is 29.8 Å². The molecule has 0 heterocycles. The van der Waals surface area contributed by atoms with Crippen LogP contribution in [-0.2, 0) is 4.79 Å². The second kappa shape index (κ2) is 6.47. The molecule has 1 atom stereocenters. The van der Waals surface area contributed by atoms with Gasteiger partial charge >= 0.3 is 0 Å². The zero-order valence-electron chi connectivity index (χ0n) is 11.0. The number of hydrogen-bond acceptors (Lipinski definition) is 3. The Morgan fingerprint density at radius 2 is 2.16 bits per heavy atom. The number of primary amides is 1. The zero-order valence-corrected chi connectivity index (χ0v) is 11.0. The molecule has 0 aliphatic rings. The number of nitrogens with one attached hydrogen (secondary N) is 1. The summed E-state index contributed by atoms with van der Waals surface area (Å²) in [5, 5.41) is 2.93. The van der Waals surface area contributed by atoms with Gasteiger partial charge in [-0.25, -0.2) is 8.78 Å². The van der Waals surface area contributed by atoms with Gasteiger partial charge < -0.3 is 15.8 Å². The summed E-state index contributed by atoms with van der Waals surface area (Å²) in [6, 6.07) is 2.88.